The quantitative estimate of drug-likeness (QED) is 0.499. The number of aromatic nitrogens is 3. The normalized spacial score (nSPS) is 18.6. The summed E-state index contributed by atoms with van der Waals surface area (Å²) in [5.41, 5.74) is 7.88. The van der Waals surface area contributed by atoms with Crippen LogP contribution in [0.3, 0.4) is 0 Å². The van der Waals surface area contributed by atoms with Crippen molar-refractivity contribution < 1.29 is 22.7 Å². The van der Waals surface area contributed by atoms with Crippen molar-refractivity contribution in [1.82, 2.24) is 15.0 Å². The van der Waals surface area contributed by atoms with Gasteiger partial charge >= 0.3 is 12.1 Å². The van der Waals surface area contributed by atoms with Gasteiger partial charge in [0.1, 0.15) is 0 Å². The number of alkyl halides is 3. The first-order valence-corrected chi connectivity index (χ1v) is 12.3. The third kappa shape index (κ3) is 4.43. The number of hydrogen-bond donors (Lipinski definition) is 1. The molecule has 1 saturated heterocycles. The van der Waals surface area contributed by atoms with Crippen molar-refractivity contribution in [2.24, 2.45) is 11.1 Å². The Kier molecular flexibility index (Phi) is 6.39. The second kappa shape index (κ2) is 9.41. The lowest BCUT2D eigenvalue weighted by Gasteiger charge is -2.42. The number of piperidine rings is 1. The number of carbonyl (C=O) groups excluding carboxylic acids is 1. The van der Waals surface area contributed by atoms with Crippen LogP contribution >= 0.6 is 0 Å². The molecule has 0 unspecified atom stereocenters. The molecule has 1 aliphatic carbocycles. The number of ether oxygens (including phenoxy) is 1. The molecule has 37 heavy (non-hydrogen) atoms. The zero-order chi connectivity index (χ0) is 26.4. The number of hydrogen-bond acceptors (Lipinski definition) is 7. The highest BCUT2D eigenvalue weighted by atomic mass is 19.4. The van der Waals surface area contributed by atoms with Gasteiger partial charge in [-0.2, -0.15) is 13.2 Å². The lowest BCUT2D eigenvalue weighted by atomic mass is 9.73. The van der Waals surface area contributed by atoms with Crippen molar-refractivity contribution in [3.63, 3.8) is 0 Å². The highest BCUT2D eigenvalue weighted by Crippen LogP contribution is 2.51. The Hall–Kier alpha value is -3.53. The molecule has 10 heteroatoms. The molecule has 2 aromatic heterocycles. The van der Waals surface area contributed by atoms with E-state index in [-0.39, 0.29) is 40.7 Å². The summed E-state index contributed by atoms with van der Waals surface area (Å²) < 4.78 is 46.2. The molecule has 1 fully saturated rings. The predicted molar refractivity (Wildman–Crippen MR) is 132 cm³/mol. The predicted octanol–water partition coefficient (Wildman–Crippen LogP) is 4.89. The Bertz CT molecular complexity index is 1340. The molecule has 1 spiro atoms. The number of esters is 1. The van der Waals surface area contributed by atoms with E-state index in [4.69, 9.17) is 10.5 Å². The summed E-state index contributed by atoms with van der Waals surface area (Å²) >= 11 is 0. The van der Waals surface area contributed by atoms with Crippen LogP contribution in [0.2, 0.25) is 0 Å². The molecule has 0 amide bonds. The van der Waals surface area contributed by atoms with Crippen LogP contribution in [0, 0.1) is 12.3 Å². The smallest absolute Gasteiger partial charge is 0.434 e. The first kappa shape index (κ1) is 25.1. The fraction of sp³-hybridized carbons (Fsp3) is 0.407. The molecule has 7 nitrogen and oxygen atoms in total. The van der Waals surface area contributed by atoms with Crippen LogP contribution in [0.15, 0.2) is 42.6 Å². The maximum atomic E-state index is 13.7. The fourth-order valence-corrected chi connectivity index (χ4v) is 5.61. The van der Waals surface area contributed by atoms with Crippen LogP contribution in [0.25, 0.3) is 11.3 Å². The monoisotopic (exact) mass is 511 g/mol. The third-order valence-corrected chi connectivity index (χ3v) is 7.50. The average molecular weight is 512 g/mol. The van der Waals surface area contributed by atoms with Gasteiger partial charge in [-0.25, -0.2) is 14.8 Å². The summed E-state index contributed by atoms with van der Waals surface area (Å²) in [6, 6.07) is 10.8. The Morgan fingerprint density at radius 3 is 2.57 bits per heavy atom. The summed E-state index contributed by atoms with van der Waals surface area (Å²) in [4.78, 5) is 27.4. The molecular weight excluding hydrogens is 483 g/mol. The summed E-state index contributed by atoms with van der Waals surface area (Å²) in [5.74, 6) is -0.412. The van der Waals surface area contributed by atoms with Crippen LogP contribution in [-0.2, 0) is 17.3 Å². The number of halogens is 3. The number of pyridine rings is 1. The molecular formula is C27H28F3N5O2. The summed E-state index contributed by atoms with van der Waals surface area (Å²) in [6.45, 7) is 4.51. The first-order chi connectivity index (χ1) is 17.6. The molecule has 3 heterocycles. The van der Waals surface area contributed by atoms with Crippen LogP contribution in [-0.4, -0.2) is 40.6 Å². The number of nitrogens with two attached hydrogens (primary N) is 1. The van der Waals surface area contributed by atoms with Crippen molar-refractivity contribution in [3.8, 4) is 11.3 Å². The minimum Gasteiger partial charge on any atom is -0.461 e. The summed E-state index contributed by atoms with van der Waals surface area (Å²) in [6.07, 6.45) is -1.14. The zero-order valence-electron chi connectivity index (χ0n) is 20.7. The van der Waals surface area contributed by atoms with E-state index < -0.39 is 17.8 Å². The van der Waals surface area contributed by atoms with E-state index >= 15 is 0 Å². The second-order valence-electron chi connectivity index (χ2n) is 9.65. The molecule has 5 rings (SSSR count). The zero-order valence-corrected chi connectivity index (χ0v) is 20.7. The van der Waals surface area contributed by atoms with Crippen molar-refractivity contribution in [2.75, 3.05) is 24.6 Å². The molecule has 0 bridgehead atoms. The van der Waals surface area contributed by atoms with Gasteiger partial charge in [0.05, 0.1) is 18.0 Å². The van der Waals surface area contributed by atoms with Gasteiger partial charge in [0.25, 0.3) is 0 Å². The number of benzene rings is 1. The van der Waals surface area contributed by atoms with Gasteiger partial charge < -0.3 is 15.4 Å². The highest BCUT2D eigenvalue weighted by Gasteiger charge is 2.46. The standard InChI is InChI=1S/C27H28F3N5O2/c1-3-37-25(36)21-24(33-16(2)20(34-21)19-9-6-12-32-23(19)27(28,29)30)35-13-10-26(11-14-35)15-17-7-4-5-8-18(17)22(26)31/h4-9,12,22H,3,10-11,13-15,31H2,1-2H3/t22-/m1/s1. The van der Waals surface area contributed by atoms with Crippen LogP contribution < -0.4 is 10.6 Å². The van der Waals surface area contributed by atoms with Crippen molar-refractivity contribution in [2.45, 2.75) is 45.3 Å². The summed E-state index contributed by atoms with van der Waals surface area (Å²) in [5, 5.41) is 0. The third-order valence-electron chi connectivity index (χ3n) is 7.50. The highest BCUT2D eigenvalue weighted by molar-refractivity contribution is 5.93. The number of rotatable bonds is 4. The van der Waals surface area contributed by atoms with Gasteiger partial charge in [0.2, 0.25) is 0 Å². The first-order valence-electron chi connectivity index (χ1n) is 12.3. The van der Waals surface area contributed by atoms with Crippen molar-refractivity contribution >= 4 is 11.8 Å². The van der Waals surface area contributed by atoms with Gasteiger partial charge in [-0.15, -0.1) is 0 Å². The van der Waals surface area contributed by atoms with E-state index in [2.05, 4.69) is 27.1 Å². The maximum Gasteiger partial charge on any atom is 0.434 e. The number of anilines is 1. The molecule has 1 aliphatic heterocycles. The topological polar surface area (TPSA) is 94.2 Å². The van der Waals surface area contributed by atoms with Gasteiger partial charge in [0.15, 0.2) is 17.2 Å². The van der Waals surface area contributed by atoms with Gasteiger partial charge in [-0.3, -0.25) is 4.98 Å². The Balaban J connectivity index is 1.50. The Labute approximate surface area is 212 Å². The van der Waals surface area contributed by atoms with Crippen LogP contribution in [0.1, 0.15) is 58.8 Å². The van der Waals surface area contributed by atoms with Gasteiger partial charge in [-0.1, -0.05) is 24.3 Å². The summed E-state index contributed by atoms with van der Waals surface area (Å²) in [7, 11) is 0. The molecule has 1 atom stereocenters. The molecule has 3 aromatic rings. The number of carbonyl (C=O) groups is 1. The Morgan fingerprint density at radius 2 is 1.89 bits per heavy atom. The molecule has 1 aromatic carbocycles. The van der Waals surface area contributed by atoms with Crippen LogP contribution in [0.5, 0.6) is 0 Å². The van der Waals surface area contributed by atoms with Gasteiger partial charge in [-0.05, 0) is 61.8 Å². The van der Waals surface area contributed by atoms with E-state index in [0.29, 0.717) is 18.9 Å². The molecule has 194 valence electrons. The largest absolute Gasteiger partial charge is 0.461 e. The van der Waals surface area contributed by atoms with E-state index in [1.807, 2.05) is 17.0 Å². The second-order valence-corrected chi connectivity index (χ2v) is 9.65. The maximum absolute atomic E-state index is 13.7. The van der Waals surface area contributed by atoms with E-state index in [1.54, 1.807) is 13.8 Å². The van der Waals surface area contributed by atoms with Gasteiger partial charge in [0, 0.05) is 30.9 Å². The molecule has 2 N–H and O–H groups in total. The molecule has 0 radical (unpaired) electrons. The van der Waals surface area contributed by atoms with Crippen molar-refractivity contribution in [3.05, 3.63) is 70.8 Å². The van der Waals surface area contributed by atoms with Crippen LogP contribution in [0.4, 0.5) is 19.0 Å². The SMILES string of the molecule is CCOC(=O)c1nc(-c2cccnc2C(F)(F)F)c(C)nc1N1CCC2(CC1)Cc1ccccc1[C@H]2N. The lowest BCUT2D eigenvalue weighted by Crippen LogP contribution is -2.45. The van der Waals surface area contributed by atoms with Crippen molar-refractivity contribution in [1.29, 1.82) is 0 Å². The number of aryl methyl sites for hydroxylation is 1. The lowest BCUT2D eigenvalue weighted by molar-refractivity contribution is -0.140. The Morgan fingerprint density at radius 1 is 1.16 bits per heavy atom. The molecule has 2 aliphatic rings. The minimum atomic E-state index is -4.69. The minimum absolute atomic E-state index is 0.0472. The average Bonchev–Trinajstić information content (AvgIpc) is 3.15. The fourth-order valence-electron chi connectivity index (χ4n) is 5.61. The number of fused-ring (bicyclic) bond motifs is 1. The van der Waals surface area contributed by atoms with E-state index in [9.17, 15) is 18.0 Å². The number of nitrogens with zero attached hydrogens (tertiary/aromatic N) is 4. The molecule has 0 saturated carbocycles. The van der Waals surface area contributed by atoms with E-state index in [1.165, 1.54) is 23.3 Å². The van der Waals surface area contributed by atoms with E-state index in [0.717, 1.165) is 25.5 Å².